The zero-order valence-corrected chi connectivity index (χ0v) is 18.6. The standard InChI is InChI=1S/C22H13ClF2N4O4S/c23-12-5-7-19(29(32)33)17(9-12)26-20(30)11-34-22-27-16-4-2-1-3-14(16)21(31)28(22)18-8-6-13(24)10-15(18)25/h1-10H,11H2,(H,26,30). The first kappa shape index (κ1) is 23.3. The summed E-state index contributed by atoms with van der Waals surface area (Å²) in [6.07, 6.45) is 0. The molecule has 1 amide bonds. The van der Waals surface area contributed by atoms with Gasteiger partial charge in [-0.15, -0.1) is 0 Å². The van der Waals surface area contributed by atoms with Crippen LogP contribution >= 0.6 is 23.4 Å². The summed E-state index contributed by atoms with van der Waals surface area (Å²) in [7, 11) is 0. The Kier molecular flexibility index (Phi) is 6.57. The summed E-state index contributed by atoms with van der Waals surface area (Å²) < 4.78 is 28.9. The Morgan fingerprint density at radius 2 is 1.91 bits per heavy atom. The van der Waals surface area contributed by atoms with Gasteiger partial charge in [-0.05, 0) is 36.4 Å². The van der Waals surface area contributed by atoms with E-state index in [1.54, 1.807) is 18.2 Å². The highest BCUT2D eigenvalue weighted by Gasteiger charge is 2.20. The number of fused-ring (bicyclic) bond motifs is 1. The molecule has 172 valence electrons. The summed E-state index contributed by atoms with van der Waals surface area (Å²) in [6.45, 7) is 0. The predicted octanol–water partition coefficient (Wildman–Crippen LogP) is 4.96. The van der Waals surface area contributed by atoms with E-state index in [-0.39, 0.29) is 38.4 Å². The molecule has 0 fully saturated rings. The van der Waals surface area contributed by atoms with Crippen molar-refractivity contribution in [2.75, 3.05) is 11.1 Å². The van der Waals surface area contributed by atoms with Gasteiger partial charge in [0.1, 0.15) is 17.3 Å². The van der Waals surface area contributed by atoms with Crippen LogP contribution < -0.4 is 10.9 Å². The first-order valence-electron chi connectivity index (χ1n) is 9.58. The van der Waals surface area contributed by atoms with Crippen molar-refractivity contribution in [2.24, 2.45) is 0 Å². The maximum atomic E-state index is 14.5. The average molecular weight is 503 g/mol. The minimum atomic E-state index is -0.986. The molecule has 1 N–H and O–H groups in total. The molecule has 0 saturated carbocycles. The maximum Gasteiger partial charge on any atom is 0.292 e. The SMILES string of the molecule is O=C(CSc1nc2ccccc2c(=O)n1-c1ccc(F)cc1F)Nc1cc(Cl)ccc1[N+](=O)[O-]. The number of para-hydroxylation sites is 1. The lowest BCUT2D eigenvalue weighted by Crippen LogP contribution is -2.24. The first-order chi connectivity index (χ1) is 16.2. The van der Waals surface area contributed by atoms with E-state index in [1.807, 2.05) is 0 Å². The number of nitro benzene ring substituents is 1. The molecule has 4 rings (SSSR count). The molecule has 0 spiro atoms. The Labute approximate surface area is 199 Å². The third-order valence-electron chi connectivity index (χ3n) is 4.66. The Morgan fingerprint density at radius 3 is 2.65 bits per heavy atom. The average Bonchev–Trinajstić information content (AvgIpc) is 2.78. The van der Waals surface area contributed by atoms with Crippen LogP contribution in [-0.2, 0) is 4.79 Å². The second kappa shape index (κ2) is 9.57. The summed E-state index contributed by atoms with van der Waals surface area (Å²) in [5.41, 5.74) is -0.976. The predicted molar refractivity (Wildman–Crippen MR) is 125 cm³/mol. The summed E-state index contributed by atoms with van der Waals surface area (Å²) in [4.78, 5) is 40.6. The van der Waals surface area contributed by atoms with Crippen molar-refractivity contribution < 1.29 is 18.5 Å². The normalized spacial score (nSPS) is 10.9. The Morgan fingerprint density at radius 1 is 1.15 bits per heavy atom. The van der Waals surface area contributed by atoms with Crippen LogP contribution in [0.2, 0.25) is 5.02 Å². The van der Waals surface area contributed by atoms with Crippen molar-refractivity contribution in [1.29, 1.82) is 0 Å². The van der Waals surface area contributed by atoms with Gasteiger partial charge >= 0.3 is 0 Å². The molecule has 0 radical (unpaired) electrons. The van der Waals surface area contributed by atoms with E-state index in [4.69, 9.17) is 11.6 Å². The second-order valence-electron chi connectivity index (χ2n) is 6.90. The zero-order chi connectivity index (χ0) is 24.4. The molecule has 0 atom stereocenters. The van der Waals surface area contributed by atoms with Gasteiger partial charge in [0.2, 0.25) is 5.91 Å². The van der Waals surface area contributed by atoms with Crippen LogP contribution in [0.15, 0.2) is 70.6 Å². The Bertz CT molecular complexity index is 1510. The number of anilines is 1. The highest BCUT2D eigenvalue weighted by molar-refractivity contribution is 7.99. The number of amides is 1. The largest absolute Gasteiger partial charge is 0.320 e. The smallest absolute Gasteiger partial charge is 0.292 e. The topological polar surface area (TPSA) is 107 Å². The summed E-state index contributed by atoms with van der Waals surface area (Å²) in [6, 6.07) is 12.8. The van der Waals surface area contributed by atoms with Crippen molar-refractivity contribution in [1.82, 2.24) is 9.55 Å². The Balaban J connectivity index is 1.70. The highest BCUT2D eigenvalue weighted by Crippen LogP contribution is 2.28. The number of carbonyl (C=O) groups is 1. The number of hydrogen-bond donors (Lipinski definition) is 1. The molecule has 34 heavy (non-hydrogen) atoms. The van der Waals surface area contributed by atoms with Gasteiger partial charge in [-0.25, -0.2) is 13.8 Å². The third-order valence-corrected chi connectivity index (χ3v) is 5.83. The lowest BCUT2D eigenvalue weighted by atomic mass is 10.2. The van der Waals surface area contributed by atoms with Crippen LogP contribution in [0.5, 0.6) is 0 Å². The van der Waals surface area contributed by atoms with E-state index in [1.165, 1.54) is 18.2 Å². The van der Waals surface area contributed by atoms with E-state index >= 15 is 0 Å². The van der Waals surface area contributed by atoms with Gasteiger partial charge in [-0.3, -0.25) is 24.3 Å². The van der Waals surface area contributed by atoms with Gasteiger partial charge < -0.3 is 5.32 Å². The minimum Gasteiger partial charge on any atom is -0.320 e. The number of carbonyl (C=O) groups excluding carboxylic acids is 1. The molecule has 12 heteroatoms. The molecule has 0 aliphatic rings. The summed E-state index contributed by atoms with van der Waals surface area (Å²) in [5, 5.41) is 14.0. The van der Waals surface area contributed by atoms with Gasteiger partial charge in [-0.2, -0.15) is 0 Å². The van der Waals surface area contributed by atoms with Crippen LogP contribution in [0.1, 0.15) is 0 Å². The molecule has 0 unspecified atom stereocenters. The van der Waals surface area contributed by atoms with Gasteiger partial charge in [0.05, 0.1) is 27.3 Å². The van der Waals surface area contributed by atoms with E-state index in [9.17, 15) is 28.5 Å². The van der Waals surface area contributed by atoms with Crippen LogP contribution in [0, 0.1) is 21.7 Å². The van der Waals surface area contributed by atoms with Crippen molar-refractivity contribution >= 4 is 51.5 Å². The van der Waals surface area contributed by atoms with Crippen molar-refractivity contribution in [3.63, 3.8) is 0 Å². The van der Waals surface area contributed by atoms with Gasteiger partial charge in [0, 0.05) is 17.2 Å². The fourth-order valence-corrected chi connectivity index (χ4v) is 4.15. The van der Waals surface area contributed by atoms with Crippen LogP contribution in [-0.4, -0.2) is 26.1 Å². The van der Waals surface area contributed by atoms with Crippen LogP contribution in [0.25, 0.3) is 16.6 Å². The number of hydrogen-bond acceptors (Lipinski definition) is 6. The fraction of sp³-hybridized carbons (Fsp3) is 0.0455. The number of benzene rings is 3. The number of nitrogens with one attached hydrogen (secondary N) is 1. The van der Waals surface area contributed by atoms with Crippen LogP contribution in [0.4, 0.5) is 20.2 Å². The maximum absolute atomic E-state index is 14.5. The molecule has 8 nitrogen and oxygen atoms in total. The van der Waals surface area contributed by atoms with Gasteiger partial charge in [-0.1, -0.05) is 35.5 Å². The fourth-order valence-electron chi connectivity index (χ4n) is 3.17. The minimum absolute atomic E-state index is 0.0232. The number of thioether (sulfide) groups is 1. The van der Waals surface area contributed by atoms with E-state index in [0.717, 1.165) is 34.5 Å². The van der Waals surface area contributed by atoms with Crippen molar-refractivity contribution in [3.05, 3.63) is 97.8 Å². The highest BCUT2D eigenvalue weighted by atomic mass is 35.5. The van der Waals surface area contributed by atoms with E-state index < -0.39 is 28.0 Å². The zero-order valence-electron chi connectivity index (χ0n) is 17.0. The molecule has 0 aliphatic carbocycles. The molecule has 0 aliphatic heterocycles. The lowest BCUT2D eigenvalue weighted by Gasteiger charge is -2.14. The third kappa shape index (κ3) is 4.75. The van der Waals surface area contributed by atoms with E-state index in [0.29, 0.717) is 11.6 Å². The number of nitro groups is 1. The number of nitrogens with zero attached hydrogens (tertiary/aromatic N) is 3. The monoisotopic (exact) mass is 502 g/mol. The quantitative estimate of drug-likeness (QED) is 0.173. The number of aromatic nitrogens is 2. The first-order valence-corrected chi connectivity index (χ1v) is 10.9. The molecule has 0 saturated heterocycles. The van der Waals surface area contributed by atoms with Crippen LogP contribution in [0.3, 0.4) is 0 Å². The van der Waals surface area contributed by atoms with Gasteiger partial charge in [0.25, 0.3) is 11.2 Å². The molecular weight excluding hydrogens is 490 g/mol. The van der Waals surface area contributed by atoms with Crippen molar-refractivity contribution in [3.8, 4) is 5.69 Å². The molecule has 1 heterocycles. The lowest BCUT2D eigenvalue weighted by molar-refractivity contribution is -0.383. The summed E-state index contributed by atoms with van der Waals surface area (Å²) in [5.74, 6) is -2.78. The molecule has 4 aromatic rings. The molecular formula is C22H13ClF2N4O4S. The van der Waals surface area contributed by atoms with E-state index in [2.05, 4.69) is 10.3 Å². The second-order valence-corrected chi connectivity index (χ2v) is 8.28. The molecule has 3 aromatic carbocycles. The Hall–Kier alpha value is -3.83. The number of halogens is 3. The van der Waals surface area contributed by atoms with Crippen molar-refractivity contribution in [2.45, 2.75) is 5.16 Å². The molecule has 1 aromatic heterocycles. The number of rotatable bonds is 6. The van der Waals surface area contributed by atoms with Gasteiger partial charge in [0.15, 0.2) is 5.16 Å². The molecule has 0 bridgehead atoms. The summed E-state index contributed by atoms with van der Waals surface area (Å²) >= 11 is 6.68.